The Morgan fingerprint density at radius 2 is 1.82 bits per heavy atom. The van der Waals surface area contributed by atoms with Gasteiger partial charge in [0, 0.05) is 37.6 Å². The molecular formula is C32H32F2N6O5. The summed E-state index contributed by atoms with van der Waals surface area (Å²) in [7, 11) is 0. The van der Waals surface area contributed by atoms with Crippen molar-refractivity contribution in [1.82, 2.24) is 20.2 Å². The highest BCUT2D eigenvalue weighted by molar-refractivity contribution is 6.00. The maximum absolute atomic E-state index is 14.8. The summed E-state index contributed by atoms with van der Waals surface area (Å²) in [4.78, 5) is 45.5. The second kappa shape index (κ2) is 14.0. The van der Waals surface area contributed by atoms with E-state index in [0.717, 1.165) is 24.6 Å². The van der Waals surface area contributed by atoms with E-state index in [2.05, 4.69) is 25.9 Å². The minimum absolute atomic E-state index is 0.0265. The molecule has 13 heteroatoms. The number of halogens is 2. The van der Waals surface area contributed by atoms with Crippen molar-refractivity contribution in [1.29, 1.82) is 0 Å². The van der Waals surface area contributed by atoms with Gasteiger partial charge in [0.05, 0.1) is 28.3 Å². The van der Waals surface area contributed by atoms with Crippen LogP contribution in [0.2, 0.25) is 0 Å². The maximum atomic E-state index is 14.8. The number of amides is 3. The predicted molar refractivity (Wildman–Crippen MR) is 163 cm³/mol. The number of rotatable bonds is 11. The first kappa shape index (κ1) is 31.1. The van der Waals surface area contributed by atoms with E-state index in [1.165, 1.54) is 30.5 Å². The van der Waals surface area contributed by atoms with Gasteiger partial charge in [0.1, 0.15) is 29.2 Å². The lowest BCUT2D eigenvalue weighted by Gasteiger charge is -2.20. The first-order chi connectivity index (χ1) is 21.7. The number of aryl methyl sites for hydroxylation is 1. The van der Waals surface area contributed by atoms with Gasteiger partial charge in [-0.05, 0) is 74.7 Å². The molecule has 1 fully saturated rings. The molecule has 2 aromatic heterocycles. The molecule has 1 atom stereocenters. The van der Waals surface area contributed by atoms with Crippen molar-refractivity contribution in [2.24, 2.45) is 0 Å². The molecule has 3 amide bonds. The number of H-pyrrole nitrogens is 1. The molecule has 0 radical (unpaired) electrons. The van der Waals surface area contributed by atoms with Gasteiger partial charge in [0.25, 0.3) is 5.91 Å². The molecule has 11 nitrogen and oxygen atoms in total. The first-order valence-corrected chi connectivity index (χ1v) is 14.4. The Morgan fingerprint density at radius 1 is 1.02 bits per heavy atom. The summed E-state index contributed by atoms with van der Waals surface area (Å²) in [5.74, 6) is -1.94. The summed E-state index contributed by atoms with van der Waals surface area (Å²) in [5, 5.41) is 16.9. The van der Waals surface area contributed by atoms with Gasteiger partial charge in [0.2, 0.25) is 0 Å². The van der Waals surface area contributed by atoms with Crippen LogP contribution in [-0.2, 0) is 4.79 Å². The molecule has 1 aliphatic rings. The van der Waals surface area contributed by atoms with Crippen LogP contribution in [0.1, 0.15) is 35.2 Å². The highest BCUT2D eigenvalue weighted by Gasteiger charge is 2.29. The number of carboxylic acids is 1. The molecule has 4 aromatic rings. The second-order valence-electron chi connectivity index (χ2n) is 10.6. The van der Waals surface area contributed by atoms with Gasteiger partial charge in [-0.2, -0.15) is 0 Å². The van der Waals surface area contributed by atoms with Crippen LogP contribution < -0.4 is 20.7 Å². The van der Waals surface area contributed by atoms with E-state index >= 15 is 0 Å². The Balaban J connectivity index is 1.14. The van der Waals surface area contributed by atoms with Crippen LogP contribution in [-0.4, -0.2) is 63.6 Å². The van der Waals surface area contributed by atoms with Crippen molar-refractivity contribution in [2.75, 3.05) is 30.3 Å². The zero-order chi connectivity index (χ0) is 31.9. The van der Waals surface area contributed by atoms with Gasteiger partial charge < -0.3 is 30.8 Å². The van der Waals surface area contributed by atoms with E-state index in [9.17, 15) is 28.3 Å². The molecule has 1 saturated heterocycles. The fourth-order valence-electron chi connectivity index (χ4n) is 5.06. The fraction of sp³-hybridized carbons (Fsp3) is 0.250. The molecule has 45 heavy (non-hydrogen) atoms. The minimum Gasteiger partial charge on any atom is -0.480 e. The van der Waals surface area contributed by atoms with Crippen molar-refractivity contribution in [3.63, 3.8) is 0 Å². The largest absolute Gasteiger partial charge is 0.480 e. The molecule has 0 saturated carbocycles. The zero-order valence-electron chi connectivity index (χ0n) is 24.4. The number of aromatic amines is 1. The zero-order valence-corrected chi connectivity index (χ0v) is 24.4. The number of aromatic nitrogens is 2. The van der Waals surface area contributed by atoms with Gasteiger partial charge in [-0.3, -0.25) is 19.5 Å². The number of hydrogen-bond acceptors (Lipinski definition) is 6. The number of aliphatic carboxylic acids is 1. The Kier molecular flexibility index (Phi) is 9.68. The van der Waals surface area contributed by atoms with Gasteiger partial charge in [-0.1, -0.05) is 6.07 Å². The predicted octanol–water partition coefficient (Wildman–Crippen LogP) is 5.77. The van der Waals surface area contributed by atoms with Crippen LogP contribution in [0.5, 0.6) is 11.5 Å². The number of hydrogen-bond donors (Lipinski definition) is 5. The van der Waals surface area contributed by atoms with Crippen molar-refractivity contribution < 1.29 is 33.0 Å². The van der Waals surface area contributed by atoms with E-state index in [1.807, 2.05) is 4.90 Å². The van der Waals surface area contributed by atoms with Gasteiger partial charge in [-0.15, -0.1) is 0 Å². The number of carbonyl (C=O) groups is 3. The number of nitrogens with zero attached hydrogens (tertiary/aromatic N) is 2. The highest BCUT2D eigenvalue weighted by Crippen LogP contribution is 2.28. The quantitative estimate of drug-likeness (QED) is 0.134. The Morgan fingerprint density at radius 3 is 2.62 bits per heavy atom. The molecule has 234 valence electrons. The summed E-state index contributed by atoms with van der Waals surface area (Å²) in [6.45, 7) is 3.50. The number of urea groups is 1. The van der Waals surface area contributed by atoms with Crippen LogP contribution in [0.15, 0.2) is 67.0 Å². The summed E-state index contributed by atoms with van der Waals surface area (Å²) < 4.78 is 34.5. The number of nitrogens with one attached hydrogen (secondary N) is 4. The molecular weight excluding hydrogens is 586 g/mol. The molecule has 1 aliphatic heterocycles. The van der Waals surface area contributed by atoms with E-state index in [-0.39, 0.29) is 23.0 Å². The maximum Gasteiger partial charge on any atom is 0.323 e. The van der Waals surface area contributed by atoms with Gasteiger partial charge >= 0.3 is 12.0 Å². The standard InChI is InChI=1S/C32H32F2N6O5/c1-19-5-7-23(33)26(14-19)39-32(44)38-25-8-6-21(16-24(25)34)45-22-9-11-35-28(17-22)27-15-20(18-37-27)30(41)36-10-3-13-40-12-2-4-29(40)31(42)43/h5-9,11,14-18,29,37H,2-4,10,12-13H2,1H3,(H,36,41)(H,42,43)(H2,38,39,44). The Hall–Kier alpha value is -5.30. The summed E-state index contributed by atoms with van der Waals surface area (Å²) in [6.07, 6.45) is 5.20. The molecule has 3 heterocycles. The highest BCUT2D eigenvalue weighted by atomic mass is 19.1. The normalized spacial score (nSPS) is 14.6. The molecule has 0 aliphatic carbocycles. The summed E-state index contributed by atoms with van der Waals surface area (Å²) in [5.41, 5.74) is 2.05. The number of carboxylic acid groups (broad SMARTS) is 1. The average molecular weight is 619 g/mol. The Bertz CT molecular complexity index is 1710. The van der Waals surface area contributed by atoms with E-state index in [1.54, 1.807) is 37.4 Å². The monoisotopic (exact) mass is 618 g/mol. The number of anilines is 2. The smallest absolute Gasteiger partial charge is 0.323 e. The van der Waals surface area contributed by atoms with Crippen molar-refractivity contribution in [3.8, 4) is 22.9 Å². The first-order valence-electron chi connectivity index (χ1n) is 14.4. The SMILES string of the molecule is Cc1ccc(F)c(NC(=O)Nc2ccc(Oc3ccnc(-c4cc(C(=O)NCCCN5CCCC5C(=O)O)c[nH]4)c3)cc2F)c1. The number of carbonyl (C=O) groups excluding carboxylic acids is 2. The lowest BCUT2D eigenvalue weighted by molar-refractivity contribution is -0.142. The fourth-order valence-corrected chi connectivity index (χ4v) is 5.06. The molecule has 1 unspecified atom stereocenters. The van der Waals surface area contributed by atoms with Crippen molar-refractivity contribution in [3.05, 3.63) is 89.8 Å². The van der Waals surface area contributed by atoms with Crippen LogP contribution in [0.3, 0.4) is 0 Å². The van der Waals surface area contributed by atoms with Crippen LogP contribution in [0, 0.1) is 18.6 Å². The lowest BCUT2D eigenvalue weighted by atomic mass is 10.2. The Labute approximate surface area is 257 Å². The van der Waals surface area contributed by atoms with Crippen LogP contribution in [0.4, 0.5) is 25.0 Å². The number of ether oxygens (including phenoxy) is 1. The van der Waals surface area contributed by atoms with Gasteiger partial charge in [-0.25, -0.2) is 13.6 Å². The number of pyridine rings is 1. The van der Waals surface area contributed by atoms with Crippen LogP contribution in [0.25, 0.3) is 11.4 Å². The third-order valence-corrected chi connectivity index (χ3v) is 7.30. The molecule has 2 aromatic carbocycles. The lowest BCUT2D eigenvalue weighted by Crippen LogP contribution is -2.37. The van der Waals surface area contributed by atoms with E-state index < -0.39 is 29.7 Å². The third-order valence-electron chi connectivity index (χ3n) is 7.30. The van der Waals surface area contributed by atoms with E-state index in [0.29, 0.717) is 48.6 Å². The third kappa shape index (κ3) is 8.00. The summed E-state index contributed by atoms with van der Waals surface area (Å²) >= 11 is 0. The van der Waals surface area contributed by atoms with E-state index in [4.69, 9.17) is 4.74 Å². The average Bonchev–Trinajstić information content (AvgIpc) is 3.69. The molecule has 0 bridgehead atoms. The topological polar surface area (TPSA) is 149 Å². The molecule has 0 spiro atoms. The number of likely N-dealkylation sites (tertiary alicyclic amines) is 1. The van der Waals surface area contributed by atoms with Crippen molar-refractivity contribution in [2.45, 2.75) is 32.2 Å². The van der Waals surface area contributed by atoms with Crippen LogP contribution >= 0.6 is 0 Å². The number of benzene rings is 2. The molecule has 5 rings (SSSR count). The summed E-state index contributed by atoms with van der Waals surface area (Å²) in [6, 6.07) is 11.8. The minimum atomic E-state index is -0.808. The van der Waals surface area contributed by atoms with Gasteiger partial charge in [0.15, 0.2) is 0 Å². The second-order valence-corrected chi connectivity index (χ2v) is 10.6. The molecule has 5 N–H and O–H groups in total. The van der Waals surface area contributed by atoms with Crippen molar-refractivity contribution >= 4 is 29.3 Å².